The fourth-order valence-electron chi connectivity index (χ4n) is 1.48. The fourth-order valence-corrected chi connectivity index (χ4v) is 1.78. The van der Waals surface area contributed by atoms with E-state index in [2.05, 4.69) is 15.9 Å². The number of carbonyl (C=O) groups is 1. The highest BCUT2D eigenvalue weighted by Gasteiger charge is 2.17. The second-order valence-electron chi connectivity index (χ2n) is 3.18. The Bertz CT molecular complexity index is 399. The molecule has 0 aromatic heterocycles. The van der Waals surface area contributed by atoms with Crippen molar-refractivity contribution < 1.29 is 14.3 Å². The maximum absolute atomic E-state index is 11.3. The molecule has 1 aromatic carbocycles. The number of benzene rings is 1. The van der Waals surface area contributed by atoms with Crippen LogP contribution in [0.5, 0.6) is 11.5 Å². The summed E-state index contributed by atoms with van der Waals surface area (Å²) in [5, 5.41) is 0. The van der Waals surface area contributed by atoms with E-state index >= 15 is 0 Å². The summed E-state index contributed by atoms with van der Waals surface area (Å²) < 4.78 is 10.2. The van der Waals surface area contributed by atoms with E-state index in [-0.39, 0.29) is 4.69 Å². The van der Waals surface area contributed by atoms with Crippen LogP contribution in [0.15, 0.2) is 6.07 Å². The predicted molar refractivity (Wildman–Crippen MR) is 62.3 cm³/mol. The van der Waals surface area contributed by atoms with Gasteiger partial charge in [-0.25, -0.2) is 0 Å². The molecule has 4 heteroatoms. The van der Waals surface area contributed by atoms with Crippen molar-refractivity contribution in [2.75, 3.05) is 14.2 Å². The molecular formula is C11H13BrO3. The lowest BCUT2D eigenvalue weighted by Gasteiger charge is -2.14. The van der Waals surface area contributed by atoms with Gasteiger partial charge in [0.05, 0.1) is 19.8 Å². The Morgan fingerprint density at radius 2 is 1.80 bits per heavy atom. The fraction of sp³-hybridized carbons (Fsp3) is 0.364. The van der Waals surface area contributed by atoms with Crippen LogP contribution in [-0.4, -0.2) is 18.9 Å². The van der Waals surface area contributed by atoms with Gasteiger partial charge in [0.1, 0.15) is 11.5 Å². The quantitative estimate of drug-likeness (QED) is 0.794. The molecule has 0 atom stereocenters. The third-order valence-electron chi connectivity index (χ3n) is 2.43. The lowest BCUT2D eigenvalue weighted by atomic mass is 10.0. The standard InChI is InChI=1S/C11H13BrO3/c1-6-7(2)10(15-4)8(11(12)13)5-9(6)14-3/h5H,1-4H3. The summed E-state index contributed by atoms with van der Waals surface area (Å²) >= 11 is 2.92. The largest absolute Gasteiger partial charge is 0.496 e. The van der Waals surface area contributed by atoms with Gasteiger partial charge in [-0.15, -0.1) is 0 Å². The van der Waals surface area contributed by atoms with Gasteiger partial charge in [-0.1, -0.05) is 0 Å². The van der Waals surface area contributed by atoms with Crippen molar-refractivity contribution in [2.45, 2.75) is 13.8 Å². The van der Waals surface area contributed by atoms with Crippen LogP contribution < -0.4 is 9.47 Å². The number of hydrogen-bond acceptors (Lipinski definition) is 3. The third kappa shape index (κ3) is 2.15. The molecule has 0 spiro atoms. The predicted octanol–water partition coefficient (Wildman–Crippen LogP) is 2.86. The van der Waals surface area contributed by atoms with Crippen LogP contribution in [0, 0.1) is 13.8 Å². The molecule has 0 bridgehead atoms. The molecule has 0 aliphatic heterocycles. The van der Waals surface area contributed by atoms with Crippen molar-refractivity contribution in [1.82, 2.24) is 0 Å². The lowest BCUT2D eigenvalue weighted by molar-refractivity contribution is 0.109. The van der Waals surface area contributed by atoms with Gasteiger partial charge in [0.2, 0.25) is 4.69 Å². The van der Waals surface area contributed by atoms with Crippen molar-refractivity contribution in [1.29, 1.82) is 0 Å². The minimum absolute atomic E-state index is 0.208. The molecule has 0 aliphatic carbocycles. The maximum Gasteiger partial charge on any atom is 0.231 e. The Labute approximate surface area is 97.5 Å². The van der Waals surface area contributed by atoms with Crippen LogP contribution in [0.4, 0.5) is 0 Å². The zero-order chi connectivity index (χ0) is 11.6. The van der Waals surface area contributed by atoms with E-state index in [9.17, 15) is 4.79 Å². The van der Waals surface area contributed by atoms with Gasteiger partial charge >= 0.3 is 0 Å². The van der Waals surface area contributed by atoms with Gasteiger partial charge in [-0.05, 0) is 47.0 Å². The summed E-state index contributed by atoms with van der Waals surface area (Å²) in [5.74, 6) is 1.28. The van der Waals surface area contributed by atoms with E-state index in [1.54, 1.807) is 20.3 Å². The average Bonchev–Trinajstić information content (AvgIpc) is 2.21. The van der Waals surface area contributed by atoms with Crippen molar-refractivity contribution in [3.05, 3.63) is 22.8 Å². The van der Waals surface area contributed by atoms with E-state index in [1.165, 1.54) is 0 Å². The Balaban J connectivity index is 3.51. The normalized spacial score (nSPS) is 9.93. The van der Waals surface area contributed by atoms with E-state index in [1.807, 2.05) is 13.8 Å². The molecule has 0 heterocycles. The summed E-state index contributed by atoms with van der Waals surface area (Å²) in [6.07, 6.45) is 0. The number of ether oxygens (including phenoxy) is 2. The Hall–Kier alpha value is -1.03. The molecule has 0 aliphatic rings. The molecule has 82 valence electrons. The van der Waals surface area contributed by atoms with Crippen LogP contribution in [-0.2, 0) is 0 Å². The highest BCUT2D eigenvalue weighted by atomic mass is 79.9. The summed E-state index contributed by atoms with van der Waals surface area (Å²) in [5.41, 5.74) is 2.38. The Kier molecular flexibility index (Phi) is 3.74. The smallest absolute Gasteiger partial charge is 0.231 e. The zero-order valence-electron chi connectivity index (χ0n) is 9.18. The minimum atomic E-state index is -0.208. The summed E-state index contributed by atoms with van der Waals surface area (Å²) in [6.45, 7) is 3.83. The molecule has 0 saturated heterocycles. The van der Waals surface area contributed by atoms with E-state index in [0.717, 1.165) is 11.1 Å². The molecule has 0 unspecified atom stereocenters. The molecule has 1 aromatic rings. The monoisotopic (exact) mass is 272 g/mol. The summed E-state index contributed by atoms with van der Waals surface area (Å²) in [4.78, 5) is 11.3. The van der Waals surface area contributed by atoms with Gasteiger partial charge in [-0.3, -0.25) is 4.79 Å². The molecule has 0 radical (unpaired) electrons. The lowest BCUT2D eigenvalue weighted by Crippen LogP contribution is -2.01. The summed E-state index contributed by atoms with van der Waals surface area (Å²) in [7, 11) is 3.13. The number of methoxy groups -OCH3 is 2. The van der Waals surface area contributed by atoms with E-state index in [0.29, 0.717) is 17.1 Å². The van der Waals surface area contributed by atoms with Gasteiger partial charge in [0, 0.05) is 0 Å². The van der Waals surface area contributed by atoms with E-state index < -0.39 is 0 Å². The zero-order valence-corrected chi connectivity index (χ0v) is 10.8. The molecule has 1 rings (SSSR count). The highest BCUT2D eigenvalue weighted by molar-refractivity contribution is 9.18. The first-order valence-corrected chi connectivity index (χ1v) is 5.24. The van der Waals surface area contributed by atoms with Crippen LogP contribution in [0.1, 0.15) is 21.5 Å². The summed E-state index contributed by atoms with van der Waals surface area (Å²) in [6, 6.07) is 1.68. The third-order valence-corrected chi connectivity index (χ3v) is 2.86. The molecule has 0 saturated carbocycles. The van der Waals surface area contributed by atoms with Crippen molar-refractivity contribution >= 4 is 20.6 Å². The first-order valence-electron chi connectivity index (χ1n) is 4.45. The number of carbonyl (C=O) groups excluding carboxylic acids is 1. The average molecular weight is 273 g/mol. The Morgan fingerprint density at radius 3 is 2.20 bits per heavy atom. The first-order chi connectivity index (χ1) is 7.02. The molecule has 0 amide bonds. The Morgan fingerprint density at radius 1 is 1.20 bits per heavy atom. The number of hydrogen-bond donors (Lipinski definition) is 0. The number of rotatable bonds is 3. The molecule has 0 N–H and O–H groups in total. The topological polar surface area (TPSA) is 35.5 Å². The first kappa shape index (κ1) is 12.0. The molecule has 15 heavy (non-hydrogen) atoms. The molecule has 0 fully saturated rings. The van der Waals surface area contributed by atoms with Crippen molar-refractivity contribution in [3.8, 4) is 11.5 Å². The SMILES string of the molecule is COc1cc(C(=O)Br)c(OC)c(C)c1C. The van der Waals surface area contributed by atoms with Crippen LogP contribution in [0.2, 0.25) is 0 Å². The van der Waals surface area contributed by atoms with Crippen LogP contribution in [0.25, 0.3) is 0 Å². The molecular weight excluding hydrogens is 260 g/mol. The van der Waals surface area contributed by atoms with Gasteiger partial charge in [-0.2, -0.15) is 0 Å². The second kappa shape index (κ2) is 4.66. The second-order valence-corrected chi connectivity index (χ2v) is 3.90. The van der Waals surface area contributed by atoms with Crippen LogP contribution >= 0.6 is 15.9 Å². The van der Waals surface area contributed by atoms with Gasteiger partial charge in [0.25, 0.3) is 0 Å². The van der Waals surface area contributed by atoms with Crippen molar-refractivity contribution in [3.63, 3.8) is 0 Å². The van der Waals surface area contributed by atoms with E-state index in [4.69, 9.17) is 9.47 Å². The van der Waals surface area contributed by atoms with Crippen LogP contribution in [0.3, 0.4) is 0 Å². The van der Waals surface area contributed by atoms with Gasteiger partial charge < -0.3 is 9.47 Å². The highest BCUT2D eigenvalue weighted by Crippen LogP contribution is 2.34. The maximum atomic E-state index is 11.3. The van der Waals surface area contributed by atoms with Gasteiger partial charge in [0.15, 0.2) is 0 Å². The van der Waals surface area contributed by atoms with Crippen molar-refractivity contribution in [2.24, 2.45) is 0 Å². The minimum Gasteiger partial charge on any atom is -0.496 e. The number of halogens is 1. The molecule has 3 nitrogen and oxygen atoms in total.